The molecule has 2 aromatic rings. The summed E-state index contributed by atoms with van der Waals surface area (Å²) in [7, 11) is 0. The Morgan fingerprint density at radius 2 is 2.12 bits per heavy atom. The molecule has 0 saturated heterocycles. The van der Waals surface area contributed by atoms with Gasteiger partial charge in [0.1, 0.15) is 6.10 Å². The van der Waals surface area contributed by atoms with Gasteiger partial charge in [-0.3, -0.25) is 0 Å². The number of nitrogens with zero attached hydrogens (tertiary/aromatic N) is 1. The van der Waals surface area contributed by atoms with Crippen LogP contribution in [-0.2, 0) is 6.54 Å². The van der Waals surface area contributed by atoms with E-state index in [1.165, 1.54) is 6.42 Å². The van der Waals surface area contributed by atoms with Gasteiger partial charge < -0.3 is 10.5 Å². The summed E-state index contributed by atoms with van der Waals surface area (Å²) < 4.78 is 5.94. The van der Waals surface area contributed by atoms with E-state index in [2.05, 4.69) is 17.1 Å². The van der Waals surface area contributed by atoms with Gasteiger partial charge in [-0.05, 0) is 36.8 Å². The molecule has 1 aromatic carbocycles. The Balaban J connectivity index is 2.05. The molecule has 1 aliphatic rings. The number of hydrogen-bond donors (Lipinski definition) is 1. The summed E-state index contributed by atoms with van der Waals surface area (Å²) in [6, 6.07) is 10.2. The van der Waals surface area contributed by atoms with Crippen molar-refractivity contribution in [1.29, 1.82) is 0 Å². The van der Waals surface area contributed by atoms with Gasteiger partial charge in [0.25, 0.3) is 0 Å². The molecule has 2 N–H and O–H groups in total. The summed E-state index contributed by atoms with van der Waals surface area (Å²) in [6.07, 6.45) is 3.89. The number of hydrogen-bond acceptors (Lipinski definition) is 3. The number of fused-ring (bicyclic) bond motifs is 1. The van der Waals surface area contributed by atoms with E-state index in [1.807, 2.05) is 18.2 Å². The van der Waals surface area contributed by atoms with Crippen LogP contribution in [0.2, 0.25) is 0 Å². The van der Waals surface area contributed by atoms with Crippen LogP contribution in [0.3, 0.4) is 0 Å². The van der Waals surface area contributed by atoms with E-state index in [0.29, 0.717) is 12.6 Å². The fourth-order valence-corrected chi connectivity index (χ4v) is 2.06. The minimum absolute atomic E-state index is 0.346. The number of ether oxygens (including phenoxy) is 1. The number of aromatic nitrogens is 1. The molecule has 0 aliphatic heterocycles. The molecular formula is C14H16N2O. The zero-order valence-electron chi connectivity index (χ0n) is 9.73. The van der Waals surface area contributed by atoms with Crippen molar-refractivity contribution >= 4 is 10.8 Å². The van der Waals surface area contributed by atoms with Crippen LogP contribution in [0, 0.1) is 0 Å². The molecule has 0 atom stereocenters. The third-order valence-corrected chi connectivity index (χ3v) is 3.30. The van der Waals surface area contributed by atoms with Crippen molar-refractivity contribution in [2.45, 2.75) is 31.9 Å². The number of pyridine rings is 1. The maximum atomic E-state index is 5.94. The highest BCUT2D eigenvalue weighted by Crippen LogP contribution is 2.29. The first-order valence-corrected chi connectivity index (χ1v) is 6.12. The predicted molar refractivity (Wildman–Crippen MR) is 67.9 cm³/mol. The van der Waals surface area contributed by atoms with Crippen LogP contribution in [0.5, 0.6) is 5.88 Å². The highest BCUT2D eigenvalue weighted by Gasteiger charge is 2.20. The largest absolute Gasteiger partial charge is 0.474 e. The van der Waals surface area contributed by atoms with Crippen LogP contribution in [0.15, 0.2) is 30.3 Å². The van der Waals surface area contributed by atoms with Gasteiger partial charge >= 0.3 is 0 Å². The summed E-state index contributed by atoms with van der Waals surface area (Å²) >= 11 is 0. The van der Waals surface area contributed by atoms with Crippen molar-refractivity contribution in [3.63, 3.8) is 0 Å². The average Bonchev–Trinajstić information content (AvgIpc) is 2.33. The van der Waals surface area contributed by atoms with Gasteiger partial charge in [-0.15, -0.1) is 0 Å². The Hall–Kier alpha value is -1.61. The topological polar surface area (TPSA) is 48.1 Å². The van der Waals surface area contributed by atoms with Crippen LogP contribution >= 0.6 is 0 Å². The third-order valence-electron chi connectivity index (χ3n) is 3.30. The van der Waals surface area contributed by atoms with Gasteiger partial charge in [-0.25, -0.2) is 4.98 Å². The number of benzene rings is 1. The van der Waals surface area contributed by atoms with Crippen LogP contribution in [0.4, 0.5) is 0 Å². The Morgan fingerprint density at radius 1 is 1.29 bits per heavy atom. The Kier molecular flexibility index (Phi) is 2.69. The molecule has 1 heterocycles. The minimum Gasteiger partial charge on any atom is -0.474 e. The minimum atomic E-state index is 0.346. The molecule has 1 aliphatic carbocycles. The quantitative estimate of drug-likeness (QED) is 0.878. The molecule has 17 heavy (non-hydrogen) atoms. The van der Waals surface area contributed by atoms with E-state index >= 15 is 0 Å². The molecule has 0 amide bonds. The van der Waals surface area contributed by atoms with Crippen molar-refractivity contribution < 1.29 is 4.74 Å². The maximum absolute atomic E-state index is 5.94. The summed E-state index contributed by atoms with van der Waals surface area (Å²) in [5, 5.41) is 2.23. The Labute approximate surface area is 101 Å². The van der Waals surface area contributed by atoms with E-state index < -0.39 is 0 Å². The lowest BCUT2D eigenvalue weighted by Gasteiger charge is -2.26. The number of nitrogens with two attached hydrogens (primary N) is 1. The smallest absolute Gasteiger partial charge is 0.221 e. The molecule has 3 nitrogen and oxygen atoms in total. The molecule has 0 unspecified atom stereocenters. The molecule has 0 spiro atoms. The zero-order valence-corrected chi connectivity index (χ0v) is 9.73. The highest BCUT2D eigenvalue weighted by atomic mass is 16.5. The van der Waals surface area contributed by atoms with Crippen molar-refractivity contribution in [3.8, 4) is 5.88 Å². The highest BCUT2D eigenvalue weighted by molar-refractivity contribution is 5.87. The van der Waals surface area contributed by atoms with Gasteiger partial charge in [0.2, 0.25) is 5.88 Å². The normalized spacial score (nSPS) is 15.8. The van der Waals surface area contributed by atoms with E-state index in [1.54, 1.807) is 0 Å². The molecule has 0 radical (unpaired) electrons. The first-order chi connectivity index (χ1) is 8.36. The van der Waals surface area contributed by atoms with E-state index in [-0.39, 0.29) is 0 Å². The molecule has 1 aromatic heterocycles. The lowest BCUT2D eigenvalue weighted by atomic mass is 9.96. The van der Waals surface area contributed by atoms with Crippen LogP contribution in [0.1, 0.15) is 25.0 Å². The molecule has 1 fully saturated rings. The molecule has 3 rings (SSSR count). The second kappa shape index (κ2) is 4.34. The summed E-state index contributed by atoms with van der Waals surface area (Å²) in [5.41, 5.74) is 6.56. The molecular weight excluding hydrogens is 212 g/mol. The summed E-state index contributed by atoms with van der Waals surface area (Å²) in [5.74, 6) is 0.744. The standard InChI is InChI=1S/C14H16N2O/c15-9-11-8-10-4-1-2-7-13(10)14(16-11)17-12-5-3-6-12/h1-2,4,7-8,12H,3,5-6,9,15H2. The SMILES string of the molecule is NCc1cc2ccccc2c(OC2CCC2)n1. The molecule has 88 valence electrons. The third kappa shape index (κ3) is 1.98. The van der Waals surface area contributed by atoms with Crippen molar-refractivity contribution in [1.82, 2.24) is 4.98 Å². The average molecular weight is 228 g/mol. The maximum Gasteiger partial charge on any atom is 0.221 e. The lowest BCUT2D eigenvalue weighted by Crippen LogP contribution is -2.25. The first-order valence-electron chi connectivity index (χ1n) is 6.12. The van der Waals surface area contributed by atoms with Crippen molar-refractivity contribution in [3.05, 3.63) is 36.0 Å². The van der Waals surface area contributed by atoms with Crippen LogP contribution < -0.4 is 10.5 Å². The van der Waals surface area contributed by atoms with Gasteiger partial charge in [0.05, 0.1) is 5.69 Å². The molecule has 0 bridgehead atoms. The second-order valence-corrected chi connectivity index (χ2v) is 4.51. The first kappa shape index (κ1) is 10.5. The Bertz CT molecular complexity index is 535. The summed E-state index contributed by atoms with van der Waals surface area (Å²) in [6.45, 7) is 0.450. The lowest BCUT2D eigenvalue weighted by molar-refractivity contribution is 0.116. The van der Waals surface area contributed by atoms with Crippen LogP contribution in [-0.4, -0.2) is 11.1 Å². The van der Waals surface area contributed by atoms with Crippen molar-refractivity contribution in [2.24, 2.45) is 5.73 Å². The monoisotopic (exact) mass is 228 g/mol. The van der Waals surface area contributed by atoms with E-state index in [0.717, 1.165) is 35.2 Å². The van der Waals surface area contributed by atoms with Gasteiger partial charge in [0.15, 0.2) is 0 Å². The molecule has 3 heteroatoms. The summed E-state index contributed by atoms with van der Waals surface area (Å²) in [4.78, 5) is 4.49. The van der Waals surface area contributed by atoms with E-state index in [9.17, 15) is 0 Å². The fourth-order valence-electron chi connectivity index (χ4n) is 2.06. The predicted octanol–water partition coefficient (Wildman–Crippen LogP) is 2.62. The fraction of sp³-hybridized carbons (Fsp3) is 0.357. The van der Waals surface area contributed by atoms with Gasteiger partial charge in [-0.1, -0.05) is 18.2 Å². The second-order valence-electron chi connectivity index (χ2n) is 4.51. The number of rotatable bonds is 3. The van der Waals surface area contributed by atoms with Crippen molar-refractivity contribution in [2.75, 3.05) is 0 Å². The van der Waals surface area contributed by atoms with E-state index in [4.69, 9.17) is 10.5 Å². The van der Waals surface area contributed by atoms with Crippen LogP contribution in [0.25, 0.3) is 10.8 Å². The zero-order chi connectivity index (χ0) is 11.7. The van der Waals surface area contributed by atoms with Gasteiger partial charge in [0, 0.05) is 11.9 Å². The van der Waals surface area contributed by atoms with Gasteiger partial charge in [-0.2, -0.15) is 0 Å². The Morgan fingerprint density at radius 3 is 2.82 bits per heavy atom. The molecule has 1 saturated carbocycles.